The first kappa shape index (κ1) is 13.9. The molecule has 104 valence electrons. The van der Waals surface area contributed by atoms with Crippen LogP contribution in [0.5, 0.6) is 0 Å². The van der Waals surface area contributed by atoms with Crippen molar-refractivity contribution in [3.8, 4) is 0 Å². The summed E-state index contributed by atoms with van der Waals surface area (Å²) in [6, 6.07) is -0.534. The molecule has 1 aliphatic heterocycles. The number of rotatable bonds is 5. The number of thioether (sulfide) groups is 1. The van der Waals surface area contributed by atoms with Crippen molar-refractivity contribution in [1.82, 2.24) is 19.9 Å². The van der Waals surface area contributed by atoms with Gasteiger partial charge in [-0.25, -0.2) is 9.48 Å². The molecule has 0 radical (unpaired) electrons. The number of hydrogen-bond donors (Lipinski definition) is 0. The second-order valence-corrected chi connectivity index (χ2v) is 5.21. The van der Waals surface area contributed by atoms with E-state index in [4.69, 9.17) is 4.74 Å². The molecule has 0 unspecified atom stereocenters. The largest absolute Gasteiger partial charge is 0.467 e. The van der Waals surface area contributed by atoms with Gasteiger partial charge in [-0.2, -0.15) is 11.8 Å². The summed E-state index contributed by atoms with van der Waals surface area (Å²) in [6.45, 7) is 0.474. The fourth-order valence-corrected chi connectivity index (χ4v) is 2.53. The molecule has 7 nitrogen and oxygen atoms in total. The summed E-state index contributed by atoms with van der Waals surface area (Å²) in [6.07, 6.45) is 4.16. The summed E-state index contributed by atoms with van der Waals surface area (Å²) < 4.78 is 6.36. The van der Waals surface area contributed by atoms with Crippen molar-refractivity contribution in [2.75, 3.05) is 19.1 Å². The van der Waals surface area contributed by atoms with Crippen molar-refractivity contribution in [3.63, 3.8) is 0 Å². The third kappa shape index (κ3) is 2.89. The van der Waals surface area contributed by atoms with E-state index in [9.17, 15) is 9.59 Å². The molecular formula is C11H16N4O3S. The Bertz CT molecular complexity index is 476. The van der Waals surface area contributed by atoms with E-state index in [0.29, 0.717) is 13.0 Å². The van der Waals surface area contributed by atoms with Gasteiger partial charge in [-0.1, -0.05) is 5.21 Å². The maximum atomic E-state index is 12.1. The van der Waals surface area contributed by atoms with Crippen LogP contribution in [0.4, 0.5) is 0 Å². The minimum Gasteiger partial charge on any atom is -0.467 e. The molecule has 0 fully saturated rings. The minimum absolute atomic E-state index is 0.127. The molecule has 0 spiro atoms. The van der Waals surface area contributed by atoms with Crippen molar-refractivity contribution < 1.29 is 14.3 Å². The number of methoxy groups -OCH3 is 1. The second kappa shape index (κ2) is 6.05. The van der Waals surface area contributed by atoms with Gasteiger partial charge >= 0.3 is 5.97 Å². The van der Waals surface area contributed by atoms with Gasteiger partial charge in [-0.3, -0.25) is 4.79 Å². The lowest BCUT2D eigenvalue weighted by Crippen LogP contribution is -2.49. The molecule has 0 saturated heterocycles. The van der Waals surface area contributed by atoms with Crippen LogP contribution in [0.3, 0.4) is 0 Å². The maximum Gasteiger partial charge on any atom is 0.328 e. The first-order valence-electron chi connectivity index (χ1n) is 5.91. The van der Waals surface area contributed by atoms with Gasteiger partial charge in [-0.15, -0.1) is 5.10 Å². The van der Waals surface area contributed by atoms with Gasteiger partial charge in [0, 0.05) is 0 Å². The number of ether oxygens (including phenoxy) is 1. The van der Waals surface area contributed by atoms with Gasteiger partial charge < -0.3 is 9.64 Å². The van der Waals surface area contributed by atoms with Gasteiger partial charge in [0.15, 0.2) is 0 Å². The maximum absolute atomic E-state index is 12.1. The van der Waals surface area contributed by atoms with Crippen LogP contribution in [0, 0.1) is 0 Å². The minimum atomic E-state index is -0.534. The van der Waals surface area contributed by atoms with Crippen LogP contribution in [0.15, 0.2) is 6.20 Å². The Morgan fingerprint density at radius 1 is 1.58 bits per heavy atom. The molecule has 19 heavy (non-hydrogen) atoms. The third-order valence-corrected chi connectivity index (χ3v) is 3.72. The Morgan fingerprint density at radius 2 is 2.37 bits per heavy atom. The van der Waals surface area contributed by atoms with Gasteiger partial charge in [0.1, 0.15) is 12.6 Å². The smallest absolute Gasteiger partial charge is 0.328 e. The first-order chi connectivity index (χ1) is 9.17. The van der Waals surface area contributed by atoms with Crippen molar-refractivity contribution >= 4 is 23.6 Å². The topological polar surface area (TPSA) is 77.3 Å². The van der Waals surface area contributed by atoms with Crippen LogP contribution in [0.25, 0.3) is 0 Å². The van der Waals surface area contributed by atoms with Crippen molar-refractivity contribution in [2.24, 2.45) is 0 Å². The first-order valence-corrected chi connectivity index (χ1v) is 7.30. The van der Waals surface area contributed by atoms with Crippen molar-refractivity contribution in [3.05, 3.63) is 11.9 Å². The van der Waals surface area contributed by atoms with Gasteiger partial charge in [-0.05, 0) is 18.4 Å². The van der Waals surface area contributed by atoms with Gasteiger partial charge in [0.2, 0.25) is 5.91 Å². The molecule has 2 rings (SSSR count). The number of aromatic nitrogens is 3. The molecule has 1 atom stereocenters. The molecule has 8 heteroatoms. The standard InChI is InChI=1S/C11H16N4O3S/c1-18-11(17)9(3-4-19-2)14-6-8-5-12-13-15(8)7-10(14)16/h5,9H,3-4,6-7H2,1-2H3/t9-/m0/s1. The molecule has 0 saturated carbocycles. The SMILES string of the molecule is COC(=O)[C@H](CCSC)N1Cc2cnnn2CC1=O. The van der Waals surface area contributed by atoms with E-state index in [-0.39, 0.29) is 18.4 Å². The monoisotopic (exact) mass is 284 g/mol. The number of amides is 1. The highest BCUT2D eigenvalue weighted by molar-refractivity contribution is 7.98. The van der Waals surface area contributed by atoms with Crippen LogP contribution in [0.1, 0.15) is 12.1 Å². The van der Waals surface area contributed by atoms with Crippen molar-refractivity contribution in [2.45, 2.75) is 25.6 Å². The van der Waals surface area contributed by atoms with E-state index < -0.39 is 6.04 Å². The lowest BCUT2D eigenvalue weighted by atomic mass is 10.1. The summed E-state index contributed by atoms with van der Waals surface area (Å²) >= 11 is 1.63. The van der Waals surface area contributed by atoms with E-state index in [1.165, 1.54) is 7.11 Å². The van der Waals surface area contributed by atoms with E-state index in [2.05, 4.69) is 10.3 Å². The molecule has 0 N–H and O–H groups in total. The third-order valence-electron chi connectivity index (χ3n) is 3.08. The number of esters is 1. The molecule has 1 amide bonds. The fourth-order valence-electron chi connectivity index (χ4n) is 2.07. The Morgan fingerprint density at radius 3 is 3.05 bits per heavy atom. The van der Waals surface area contributed by atoms with Gasteiger partial charge in [0.25, 0.3) is 0 Å². The Balaban J connectivity index is 2.17. The van der Waals surface area contributed by atoms with Crippen LogP contribution < -0.4 is 0 Å². The van der Waals surface area contributed by atoms with Crippen molar-refractivity contribution in [1.29, 1.82) is 0 Å². The zero-order valence-electron chi connectivity index (χ0n) is 10.9. The highest BCUT2D eigenvalue weighted by Crippen LogP contribution is 2.18. The van der Waals surface area contributed by atoms with Crippen LogP contribution >= 0.6 is 11.8 Å². The number of carbonyl (C=O) groups is 2. The van der Waals surface area contributed by atoms with Crippen LogP contribution in [-0.2, 0) is 27.4 Å². The summed E-state index contributed by atoms with van der Waals surface area (Å²) in [5.74, 6) is 0.291. The van der Waals surface area contributed by atoms with Crippen LogP contribution in [0.2, 0.25) is 0 Å². The van der Waals surface area contributed by atoms with E-state index >= 15 is 0 Å². The molecule has 1 aromatic heterocycles. The summed E-state index contributed by atoms with van der Waals surface area (Å²) in [7, 11) is 1.34. The average Bonchev–Trinajstić information content (AvgIpc) is 2.85. The summed E-state index contributed by atoms with van der Waals surface area (Å²) in [5.41, 5.74) is 0.831. The fraction of sp³-hybridized carbons (Fsp3) is 0.636. The number of nitrogens with zero attached hydrogens (tertiary/aromatic N) is 4. The zero-order valence-corrected chi connectivity index (χ0v) is 11.7. The zero-order chi connectivity index (χ0) is 13.8. The predicted octanol–water partition coefficient (Wildman–Crippen LogP) is -0.0850. The van der Waals surface area contributed by atoms with E-state index in [0.717, 1.165) is 11.4 Å². The van der Waals surface area contributed by atoms with E-state index in [1.807, 2.05) is 6.26 Å². The highest BCUT2D eigenvalue weighted by atomic mass is 32.2. The van der Waals surface area contributed by atoms with Gasteiger partial charge in [0.05, 0.1) is 25.5 Å². The number of carbonyl (C=O) groups excluding carboxylic acids is 2. The molecule has 0 aromatic carbocycles. The normalized spacial score (nSPS) is 16.1. The number of hydrogen-bond acceptors (Lipinski definition) is 6. The lowest BCUT2D eigenvalue weighted by molar-refractivity contribution is -0.154. The molecule has 1 aromatic rings. The number of fused-ring (bicyclic) bond motifs is 1. The second-order valence-electron chi connectivity index (χ2n) is 4.23. The predicted molar refractivity (Wildman–Crippen MR) is 69.4 cm³/mol. The summed E-state index contributed by atoms with van der Waals surface area (Å²) in [4.78, 5) is 25.5. The molecule has 2 heterocycles. The molecular weight excluding hydrogens is 268 g/mol. The average molecular weight is 284 g/mol. The Hall–Kier alpha value is -1.57. The molecule has 0 aliphatic carbocycles. The van der Waals surface area contributed by atoms with E-state index in [1.54, 1.807) is 27.5 Å². The Kier molecular flexibility index (Phi) is 4.41. The summed E-state index contributed by atoms with van der Waals surface area (Å²) in [5, 5.41) is 7.60. The quantitative estimate of drug-likeness (QED) is 0.704. The molecule has 1 aliphatic rings. The molecule has 0 bridgehead atoms. The van der Waals surface area contributed by atoms with Crippen LogP contribution in [-0.4, -0.2) is 56.9 Å². The Labute approximate surface area is 115 Å². The lowest BCUT2D eigenvalue weighted by Gasteiger charge is -2.32. The highest BCUT2D eigenvalue weighted by Gasteiger charge is 2.34.